The van der Waals surface area contributed by atoms with Gasteiger partial charge < -0.3 is 4.98 Å². The van der Waals surface area contributed by atoms with E-state index in [9.17, 15) is 4.79 Å². The van der Waals surface area contributed by atoms with Gasteiger partial charge in [-0.25, -0.2) is 4.98 Å². The lowest BCUT2D eigenvalue weighted by Gasteiger charge is -2.31. The van der Waals surface area contributed by atoms with Gasteiger partial charge in [0.05, 0.1) is 5.02 Å². The second kappa shape index (κ2) is 6.98. The highest BCUT2D eigenvalue weighted by atomic mass is 35.5. The molecule has 0 unspecified atom stereocenters. The number of benzene rings is 1. The fraction of sp³-hybridized carbons (Fsp3) is 0.300. The monoisotopic (exact) mass is 353 g/mol. The van der Waals surface area contributed by atoms with Gasteiger partial charge in [0.15, 0.2) is 5.78 Å². The first kappa shape index (κ1) is 16.3. The minimum Gasteiger partial charge on any atom is -0.346 e. The highest BCUT2D eigenvalue weighted by Crippen LogP contribution is 2.27. The summed E-state index contributed by atoms with van der Waals surface area (Å²) in [4.78, 5) is 22.6. The highest BCUT2D eigenvalue weighted by Gasteiger charge is 2.27. The number of aromatic amines is 1. The molecule has 1 saturated heterocycles. The van der Waals surface area contributed by atoms with Gasteiger partial charge in [-0.2, -0.15) is 0 Å². The third-order valence-corrected chi connectivity index (χ3v) is 5.37. The zero-order valence-corrected chi connectivity index (χ0v) is 14.7. The molecule has 3 aromatic rings. The molecule has 1 aliphatic rings. The Labute approximate surface area is 151 Å². The zero-order valence-electron chi connectivity index (χ0n) is 13.9. The second-order valence-corrected chi connectivity index (χ2v) is 7.01. The Morgan fingerprint density at radius 2 is 2.00 bits per heavy atom. The van der Waals surface area contributed by atoms with Crippen LogP contribution in [-0.4, -0.2) is 33.7 Å². The van der Waals surface area contributed by atoms with Crippen LogP contribution in [0.2, 0.25) is 5.02 Å². The summed E-state index contributed by atoms with van der Waals surface area (Å²) in [5.41, 5.74) is 2.87. The molecule has 128 valence electrons. The van der Waals surface area contributed by atoms with Crippen molar-refractivity contribution >= 4 is 28.4 Å². The van der Waals surface area contributed by atoms with Gasteiger partial charge in [0.25, 0.3) is 0 Å². The Morgan fingerprint density at radius 3 is 2.80 bits per heavy atom. The van der Waals surface area contributed by atoms with E-state index in [2.05, 4.69) is 27.0 Å². The lowest BCUT2D eigenvalue weighted by molar-refractivity contribution is 0.0835. The van der Waals surface area contributed by atoms with Crippen LogP contribution < -0.4 is 0 Å². The Hall–Kier alpha value is -2.17. The van der Waals surface area contributed by atoms with Crippen molar-refractivity contribution in [2.24, 2.45) is 5.92 Å². The number of hydrogen-bond acceptors (Lipinski definition) is 3. The highest BCUT2D eigenvalue weighted by molar-refractivity contribution is 6.34. The fourth-order valence-electron chi connectivity index (χ4n) is 3.63. The van der Waals surface area contributed by atoms with Crippen LogP contribution in [0.15, 0.2) is 48.8 Å². The molecule has 1 fully saturated rings. The number of aromatic nitrogens is 2. The molecular weight excluding hydrogens is 334 g/mol. The number of H-pyrrole nitrogens is 1. The molecule has 0 bridgehead atoms. The molecule has 0 radical (unpaired) electrons. The van der Waals surface area contributed by atoms with Crippen molar-refractivity contribution in [1.29, 1.82) is 0 Å². The quantitative estimate of drug-likeness (QED) is 0.711. The van der Waals surface area contributed by atoms with Gasteiger partial charge in [-0.3, -0.25) is 9.69 Å². The normalized spacial score (nSPS) is 16.4. The SMILES string of the molecule is O=C(c1ccccc1Cl)C1CCN(Cc2ccnc3[nH]ccc23)CC1. The van der Waals surface area contributed by atoms with Gasteiger partial charge in [0.1, 0.15) is 5.65 Å². The first-order chi connectivity index (χ1) is 12.2. The summed E-state index contributed by atoms with van der Waals surface area (Å²) in [6, 6.07) is 11.5. The summed E-state index contributed by atoms with van der Waals surface area (Å²) < 4.78 is 0. The summed E-state index contributed by atoms with van der Waals surface area (Å²) in [7, 11) is 0. The Kier molecular flexibility index (Phi) is 4.55. The van der Waals surface area contributed by atoms with E-state index in [1.165, 1.54) is 10.9 Å². The van der Waals surface area contributed by atoms with Crippen molar-refractivity contribution in [3.8, 4) is 0 Å². The van der Waals surface area contributed by atoms with Crippen LogP contribution in [-0.2, 0) is 6.54 Å². The van der Waals surface area contributed by atoms with E-state index >= 15 is 0 Å². The van der Waals surface area contributed by atoms with Gasteiger partial charge in [0, 0.05) is 35.8 Å². The molecule has 0 spiro atoms. The molecule has 0 amide bonds. The predicted molar refractivity (Wildman–Crippen MR) is 99.9 cm³/mol. The van der Waals surface area contributed by atoms with Crippen molar-refractivity contribution in [1.82, 2.24) is 14.9 Å². The fourth-order valence-corrected chi connectivity index (χ4v) is 3.86. The molecule has 2 aromatic heterocycles. The molecule has 25 heavy (non-hydrogen) atoms. The molecule has 5 heteroatoms. The minimum absolute atomic E-state index is 0.0702. The van der Waals surface area contributed by atoms with Crippen molar-refractivity contribution in [3.05, 3.63) is 64.9 Å². The van der Waals surface area contributed by atoms with Gasteiger partial charge in [0.2, 0.25) is 0 Å². The molecule has 0 aliphatic carbocycles. The largest absolute Gasteiger partial charge is 0.346 e. The maximum atomic E-state index is 12.7. The van der Waals surface area contributed by atoms with Crippen LogP contribution >= 0.6 is 11.6 Å². The number of likely N-dealkylation sites (tertiary alicyclic amines) is 1. The number of carbonyl (C=O) groups excluding carboxylic acids is 1. The molecule has 1 N–H and O–H groups in total. The van der Waals surface area contributed by atoms with Crippen molar-refractivity contribution in [3.63, 3.8) is 0 Å². The minimum atomic E-state index is 0.0702. The van der Waals surface area contributed by atoms with E-state index in [1.54, 1.807) is 6.07 Å². The van der Waals surface area contributed by atoms with E-state index in [0.717, 1.165) is 38.1 Å². The number of halogens is 1. The van der Waals surface area contributed by atoms with Crippen LogP contribution in [0.1, 0.15) is 28.8 Å². The number of nitrogens with zero attached hydrogens (tertiary/aromatic N) is 2. The lowest BCUT2D eigenvalue weighted by Crippen LogP contribution is -2.36. The molecular formula is C20H20ClN3O. The summed E-state index contributed by atoms with van der Waals surface area (Å²) >= 11 is 6.18. The molecule has 1 aliphatic heterocycles. The van der Waals surface area contributed by atoms with E-state index in [4.69, 9.17) is 11.6 Å². The van der Waals surface area contributed by atoms with E-state index < -0.39 is 0 Å². The van der Waals surface area contributed by atoms with Crippen LogP contribution in [0.3, 0.4) is 0 Å². The van der Waals surface area contributed by atoms with Crippen molar-refractivity contribution < 1.29 is 4.79 Å². The van der Waals surface area contributed by atoms with Crippen LogP contribution in [0.5, 0.6) is 0 Å². The van der Waals surface area contributed by atoms with Crippen LogP contribution in [0, 0.1) is 5.92 Å². The summed E-state index contributed by atoms with van der Waals surface area (Å²) in [5, 5.41) is 1.73. The summed E-state index contributed by atoms with van der Waals surface area (Å²) in [5.74, 6) is 0.253. The van der Waals surface area contributed by atoms with Crippen molar-refractivity contribution in [2.45, 2.75) is 19.4 Å². The number of piperidine rings is 1. The number of fused-ring (bicyclic) bond motifs is 1. The number of ketones is 1. The molecule has 0 saturated carbocycles. The third kappa shape index (κ3) is 3.32. The molecule has 4 rings (SSSR count). The lowest BCUT2D eigenvalue weighted by atomic mass is 9.88. The molecule has 1 aromatic carbocycles. The Morgan fingerprint density at radius 1 is 1.20 bits per heavy atom. The second-order valence-electron chi connectivity index (χ2n) is 6.60. The average molecular weight is 354 g/mol. The predicted octanol–water partition coefficient (Wildman–Crippen LogP) is 4.31. The van der Waals surface area contributed by atoms with Crippen LogP contribution in [0.4, 0.5) is 0 Å². The standard InChI is InChI=1S/C20H20ClN3O/c21-18-4-2-1-3-17(18)19(25)14-7-11-24(12-8-14)13-15-5-9-22-20-16(15)6-10-23-20/h1-6,9-10,14H,7-8,11-13H2,(H,22,23). The summed E-state index contributed by atoms with van der Waals surface area (Å²) in [6.07, 6.45) is 5.54. The van der Waals surface area contributed by atoms with Crippen LogP contribution in [0.25, 0.3) is 11.0 Å². The van der Waals surface area contributed by atoms with E-state index in [1.807, 2.05) is 30.6 Å². The Bertz CT molecular complexity index is 897. The number of carbonyl (C=O) groups is 1. The first-order valence-corrected chi connectivity index (χ1v) is 9.02. The number of Topliss-reactive ketones (excluding diaryl/α,β-unsaturated/α-hetero) is 1. The number of nitrogens with one attached hydrogen (secondary N) is 1. The number of rotatable bonds is 4. The van der Waals surface area contributed by atoms with Gasteiger partial charge >= 0.3 is 0 Å². The maximum Gasteiger partial charge on any atom is 0.167 e. The number of pyridine rings is 1. The molecule has 0 atom stereocenters. The smallest absolute Gasteiger partial charge is 0.167 e. The third-order valence-electron chi connectivity index (χ3n) is 5.04. The van der Waals surface area contributed by atoms with E-state index in [-0.39, 0.29) is 11.7 Å². The van der Waals surface area contributed by atoms with E-state index in [0.29, 0.717) is 10.6 Å². The average Bonchev–Trinajstić information content (AvgIpc) is 3.12. The Balaban J connectivity index is 1.41. The first-order valence-electron chi connectivity index (χ1n) is 8.64. The number of hydrogen-bond donors (Lipinski definition) is 1. The zero-order chi connectivity index (χ0) is 17.2. The maximum absolute atomic E-state index is 12.7. The molecule has 3 heterocycles. The van der Waals surface area contributed by atoms with Gasteiger partial charge in [-0.1, -0.05) is 23.7 Å². The van der Waals surface area contributed by atoms with Gasteiger partial charge in [-0.15, -0.1) is 0 Å². The topological polar surface area (TPSA) is 49.0 Å². The van der Waals surface area contributed by atoms with Gasteiger partial charge in [-0.05, 0) is 55.8 Å². The van der Waals surface area contributed by atoms with Crippen molar-refractivity contribution in [2.75, 3.05) is 13.1 Å². The summed E-state index contributed by atoms with van der Waals surface area (Å²) in [6.45, 7) is 2.74. The molecule has 4 nitrogen and oxygen atoms in total.